The summed E-state index contributed by atoms with van der Waals surface area (Å²) in [5.41, 5.74) is 1.98. The Bertz CT molecular complexity index is 1090. The zero-order valence-corrected chi connectivity index (χ0v) is 17.8. The highest BCUT2D eigenvalue weighted by Gasteiger charge is 2.13. The number of rotatable bonds is 6. The predicted molar refractivity (Wildman–Crippen MR) is 116 cm³/mol. The Morgan fingerprint density at radius 1 is 1.17 bits per heavy atom. The molecule has 3 aromatic carbocycles. The molecule has 0 aliphatic heterocycles. The molecule has 0 aliphatic rings. The molecule has 0 unspecified atom stereocenters. The molecule has 0 aliphatic carbocycles. The maximum Gasteiger partial charge on any atom is 0.180 e. The van der Waals surface area contributed by atoms with Gasteiger partial charge in [0.2, 0.25) is 0 Å². The van der Waals surface area contributed by atoms with Crippen LogP contribution in [-0.2, 0) is 6.61 Å². The second-order valence-corrected chi connectivity index (χ2v) is 7.42. The molecule has 0 atom stereocenters. The van der Waals surface area contributed by atoms with Gasteiger partial charge in [-0.15, -0.1) is 0 Å². The molecule has 29 heavy (non-hydrogen) atoms. The van der Waals surface area contributed by atoms with Crippen LogP contribution in [0.15, 0.2) is 65.1 Å². The number of hydrogen-bond donors (Lipinski definition) is 0. The van der Waals surface area contributed by atoms with Gasteiger partial charge in [0.25, 0.3) is 0 Å². The fourth-order valence-corrected chi connectivity index (χ4v) is 3.25. The van der Waals surface area contributed by atoms with Crippen molar-refractivity contribution in [3.63, 3.8) is 0 Å². The third-order valence-corrected chi connectivity index (χ3v) is 4.95. The first-order valence-electron chi connectivity index (χ1n) is 8.63. The van der Waals surface area contributed by atoms with Crippen molar-refractivity contribution in [3.8, 4) is 17.6 Å². The number of halogens is 3. The van der Waals surface area contributed by atoms with Crippen molar-refractivity contribution in [2.45, 2.75) is 6.61 Å². The Hall–Kier alpha value is -2.81. The van der Waals surface area contributed by atoms with Crippen LogP contribution in [0.2, 0.25) is 5.02 Å². The van der Waals surface area contributed by atoms with Crippen LogP contribution >= 0.6 is 27.5 Å². The Balaban J connectivity index is 1.90. The molecule has 0 fully saturated rings. The van der Waals surface area contributed by atoms with E-state index in [2.05, 4.69) is 15.9 Å². The summed E-state index contributed by atoms with van der Waals surface area (Å²) in [7, 11) is 1.51. The first kappa shape index (κ1) is 20.9. The molecule has 0 heterocycles. The first-order valence-corrected chi connectivity index (χ1v) is 9.80. The number of benzene rings is 3. The largest absolute Gasteiger partial charge is 0.493 e. The maximum atomic E-state index is 14.0. The topological polar surface area (TPSA) is 42.2 Å². The Kier molecular flexibility index (Phi) is 6.92. The van der Waals surface area contributed by atoms with E-state index >= 15 is 0 Å². The Morgan fingerprint density at radius 3 is 2.55 bits per heavy atom. The van der Waals surface area contributed by atoms with E-state index in [9.17, 15) is 9.65 Å². The molecule has 0 amide bonds. The number of hydrogen-bond acceptors (Lipinski definition) is 3. The summed E-state index contributed by atoms with van der Waals surface area (Å²) in [6.45, 7) is 0.317. The fourth-order valence-electron chi connectivity index (χ4n) is 2.72. The van der Waals surface area contributed by atoms with E-state index in [0.29, 0.717) is 28.7 Å². The van der Waals surface area contributed by atoms with E-state index in [1.54, 1.807) is 36.4 Å². The van der Waals surface area contributed by atoms with Crippen molar-refractivity contribution in [1.82, 2.24) is 0 Å². The lowest BCUT2D eigenvalue weighted by Gasteiger charge is -2.14. The van der Waals surface area contributed by atoms with Gasteiger partial charge in [-0.25, -0.2) is 4.39 Å². The third-order valence-electron chi connectivity index (χ3n) is 4.14. The average Bonchev–Trinajstić information content (AvgIpc) is 2.72. The standard InChI is InChI=1S/C23H16BrClFNO2/c1-28-22-12-16(10-17(13-27)19-4-2-3-5-21(19)26)11-20(25)23(22)29-14-15-6-8-18(24)9-7-15/h2-12H,14H2,1H3/b17-10-. The van der Waals surface area contributed by atoms with E-state index in [0.717, 1.165) is 10.0 Å². The van der Waals surface area contributed by atoms with E-state index < -0.39 is 5.82 Å². The number of nitriles is 1. The van der Waals surface area contributed by atoms with Gasteiger partial charge in [0, 0.05) is 10.0 Å². The quantitative estimate of drug-likeness (QED) is 0.290. The van der Waals surface area contributed by atoms with Crippen molar-refractivity contribution < 1.29 is 13.9 Å². The minimum atomic E-state index is -0.465. The Labute approximate surface area is 182 Å². The lowest BCUT2D eigenvalue weighted by atomic mass is 10.0. The smallest absolute Gasteiger partial charge is 0.180 e. The van der Waals surface area contributed by atoms with E-state index in [-0.39, 0.29) is 11.1 Å². The normalized spacial score (nSPS) is 11.1. The highest BCUT2D eigenvalue weighted by atomic mass is 79.9. The lowest BCUT2D eigenvalue weighted by Crippen LogP contribution is -1.99. The van der Waals surface area contributed by atoms with Crippen LogP contribution < -0.4 is 9.47 Å². The number of ether oxygens (including phenoxy) is 2. The summed E-state index contributed by atoms with van der Waals surface area (Å²) in [6.07, 6.45) is 1.56. The summed E-state index contributed by atoms with van der Waals surface area (Å²) in [6, 6.07) is 19.2. The molecular weight excluding hydrogens is 457 g/mol. The van der Waals surface area contributed by atoms with Crippen LogP contribution in [0.5, 0.6) is 11.5 Å². The number of nitrogens with zero attached hydrogens (tertiary/aromatic N) is 1. The molecule has 0 N–H and O–H groups in total. The van der Waals surface area contributed by atoms with Crippen LogP contribution in [-0.4, -0.2) is 7.11 Å². The zero-order valence-electron chi connectivity index (χ0n) is 15.5. The van der Waals surface area contributed by atoms with Gasteiger partial charge < -0.3 is 9.47 Å². The SMILES string of the molecule is COc1cc(/C=C(/C#N)c2ccccc2F)cc(Cl)c1OCc1ccc(Br)cc1. The highest BCUT2D eigenvalue weighted by molar-refractivity contribution is 9.10. The van der Waals surface area contributed by atoms with Crippen molar-refractivity contribution in [3.05, 3.63) is 92.7 Å². The van der Waals surface area contributed by atoms with Crippen LogP contribution in [0.25, 0.3) is 11.6 Å². The van der Waals surface area contributed by atoms with Crippen molar-refractivity contribution >= 4 is 39.2 Å². The van der Waals surface area contributed by atoms with Crippen molar-refractivity contribution in [2.75, 3.05) is 7.11 Å². The molecule has 0 spiro atoms. The van der Waals surface area contributed by atoms with E-state index in [1.165, 1.54) is 13.2 Å². The molecule has 0 bridgehead atoms. The van der Waals surface area contributed by atoms with Crippen molar-refractivity contribution in [2.24, 2.45) is 0 Å². The molecule has 0 radical (unpaired) electrons. The maximum absolute atomic E-state index is 14.0. The van der Waals surface area contributed by atoms with Gasteiger partial charge in [-0.1, -0.05) is 57.9 Å². The lowest BCUT2D eigenvalue weighted by molar-refractivity contribution is 0.284. The summed E-state index contributed by atoms with van der Waals surface area (Å²) in [5.74, 6) is 0.359. The fraction of sp³-hybridized carbons (Fsp3) is 0.0870. The number of methoxy groups -OCH3 is 1. The van der Waals surface area contributed by atoms with Crippen molar-refractivity contribution in [1.29, 1.82) is 5.26 Å². The van der Waals surface area contributed by atoms with Gasteiger partial charge in [0.1, 0.15) is 12.4 Å². The van der Waals surface area contributed by atoms with Gasteiger partial charge in [-0.3, -0.25) is 0 Å². The second kappa shape index (κ2) is 9.60. The highest BCUT2D eigenvalue weighted by Crippen LogP contribution is 2.38. The van der Waals surface area contributed by atoms with Crippen LogP contribution in [0.3, 0.4) is 0 Å². The molecule has 0 saturated carbocycles. The van der Waals surface area contributed by atoms with Crippen LogP contribution in [0.4, 0.5) is 4.39 Å². The second-order valence-electron chi connectivity index (χ2n) is 6.10. The molecular formula is C23H16BrClFNO2. The summed E-state index contributed by atoms with van der Waals surface area (Å²) >= 11 is 9.81. The van der Waals surface area contributed by atoms with Gasteiger partial charge in [0.05, 0.1) is 23.8 Å². The number of allylic oxidation sites excluding steroid dienone is 1. The zero-order chi connectivity index (χ0) is 20.8. The first-order chi connectivity index (χ1) is 14.0. The predicted octanol–water partition coefficient (Wildman–Crippen LogP) is 6.89. The monoisotopic (exact) mass is 471 g/mol. The van der Waals surface area contributed by atoms with Gasteiger partial charge in [-0.2, -0.15) is 5.26 Å². The van der Waals surface area contributed by atoms with Gasteiger partial charge >= 0.3 is 0 Å². The molecule has 0 aromatic heterocycles. The molecule has 0 saturated heterocycles. The molecule has 3 rings (SSSR count). The summed E-state index contributed by atoms with van der Waals surface area (Å²) in [5, 5.41) is 9.80. The summed E-state index contributed by atoms with van der Waals surface area (Å²) in [4.78, 5) is 0. The molecule has 3 nitrogen and oxygen atoms in total. The average molecular weight is 473 g/mol. The Morgan fingerprint density at radius 2 is 1.90 bits per heavy atom. The summed E-state index contributed by atoms with van der Waals surface area (Å²) < 4.78 is 26.3. The van der Waals surface area contributed by atoms with Gasteiger partial charge in [0.15, 0.2) is 11.5 Å². The minimum absolute atomic E-state index is 0.185. The molecule has 3 aromatic rings. The third kappa shape index (κ3) is 5.17. The van der Waals surface area contributed by atoms with E-state index in [1.807, 2.05) is 30.3 Å². The molecule has 146 valence electrons. The van der Waals surface area contributed by atoms with Crippen LogP contribution in [0.1, 0.15) is 16.7 Å². The van der Waals surface area contributed by atoms with Gasteiger partial charge in [-0.05, 0) is 47.5 Å². The van der Waals surface area contributed by atoms with Crippen LogP contribution in [0, 0.1) is 17.1 Å². The molecule has 6 heteroatoms. The van der Waals surface area contributed by atoms with E-state index in [4.69, 9.17) is 21.1 Å². The minimum Gasteiger partial charge on any atom is -0.493 e.